The third-order valence-corrected chi connectivity index (χ3v) is 7.48. The number of piperidine rings is 1. The Labute approximate surface area is 194 Å². The second kappa shape index (κ2) is 9.62. The Morgan fingerprint density at radius 3 is 2.42 bits per heavy atom. The summed E-state index contributed by atoms with van der Waals surface area (Å²) >= 11 is 0. The third kappa shape index (κ3) is 4.80. The van der Waals surface area contributed by atoms with Gasteiger partial charge in [-0.1, -0.05) is 54.6 Å². The highest BCUT2D eigenvalue weighted by Crippen LogP contribution is 2.34. The molecule has 5 rings (SSSR count). The fourth-order valence-corrected chi connectivity index (χ4v) is 5.77. The van der Waals surface area contributed by atoms with Crippen LogP contribution < -0.4 is 0 Å². The minimum Gasteiger partial charge on any atom is -0.480 e. The summed E-state index contributed by atoms with van der Waals surface area (Å²) in [6.45, 7) is 4.75. The maximum Gasteiger partial charge on any atom is 0.325 e. The number of nitrogens with zero attached hydrogens (tertiary/aromatic N) is 2. The number of carboxylic acid groups (broad SMARTS) is 1. The standard InChI is InChI=1S/C28H31FN2O2/c29-24-10-8-21(9-11-24)22-13-15-30(16-14-22)18-20-12-17-31(19-20)27(28(32)33)26-7-3-5-23-4-1-2-6-25(23)26/h1-11,20,22,27H,12-19H2,(H,32,33). The molecule has 33 heavy (non-hydrogen) atoms. The van der Waals surface area contributed by atoms with Gasteiger partial charge in [0.15, 0.2) is 0 Å². The fraction of sp³-hybridized carbons (Fsp3) is 0.393. The van der Waals surface area contributed by atoms with Gasteiger partial charge in [0.25, 0.3) is 0 Å². The SMILES string of the molecule is O=C(O)C(c1cccc2ccccc12)N1CCC(CN2CCC(c3ccc(F)cc3)CC2)C1. The van der Waals surface area contributed by atoms with Gasteiger partial charge in [-0.3, -0.25) is 9.69 Å². The Kier molecular flexibility index (Phi) is 6.43. The first-order chi connectivity index (χ1) is 16.1. The number of halogens is 1. The van der Waals surface area contributed by atoms with Crippen LogP contribution in [0, 0.1) is 11.7 Å². The van der Waals surface area contributed by atoms with Crippen molar-refractivity contribution in [2.75, 3.05) is 32.7 Å². The number of likely N-dealkylation sites (tertiary alicyclic amines) is 2. The molecule has 2 unspecified atom stereocenters. The van der Waals surface area contributed by atoms with Crippen molar-refractivity contribution < 1.29 is 14.3 Å². The molecule has 2 saturated heterocycles. The number of hydrogen-bond donors (Lipinski definition) is 1. The number of aliphatic carboxylic acids is 1. The Balaban J connectivity index is 1.21. The smallest absolute Gasteiger partial charge is 0.325 e. The molecule has 4 nitrogen and oxygen atoms in total. The van der Waals surface area contributed by atoms with Gasteiger partial charge in [0.05, 0.1) is 0 Å². The number of fused-ring (bicyclic) bond motifs is 1. The van der Waals surface area contributed by atoms with Crippen molar-refractivity contribution in [2.45, 2.75) is 31.2 Å². The van der Waals surface area contributed by atoms with Gasteiger partial charge in [0, 0.05) is 13.1 Å². The summed E-state index contributed by atoms with van der Waals surface area (Å²) in [6.07, 6.45) is 3.22. The highest BCUT2D eigenvalue weighted by Gasteiger charge is 2.35. The van der Waals surface area contributed by atoms with E-state index >= 15 is 0 Å². The van der Waals surface area contributed by atoms with Crippen LogP contribution in [0.25, 0.3) is 10.8 Å². The van der Waals surface area contributed by atoms with Gasteiger partial charge in [0.1, 0.15) is 11.9 Å². The zero-order chi connectivity index (χ0) is 22.8. The monoisotopic (exact) mass is 446 g/mol. The van der Waals surface area contributed by atoms with Crippen LogP contribution in [0.2, 0.25) is 0 Å². The van der Waals surface area contributed by atoms with Crippen LogP contribution in [0.5, 0.6) is 0 Å². The van der Waals surface area contributed by atoms with Crippen LogP contribution in [0.3, 0.4) is 0 Å². The topological polar surface area (TPSA) is 43.8 Å². The van der Waals surface area contributed by atoms with E-state index in [4.69, 9.17) is 0 Å². The maximum absolute atomic E-state index is 13.2. The Bertz CT molecular complexity index is 1100. The van der Waals surface area contributed by atoms with Crippen molar-refractivity contribution in [1.29, 1.82) is 0 Å². The van der Waals surface area contributed by atoms with Gasteiger partial charge in [-0.25, -0.2) is 4.39 Å². The molecule has 0 aliphatic carbocycles. The summed E-state index contributed by atoms with van der Waals surface area (Å²) in [4.78, 5) is 17.0. The summed E-state index contributed by atoms with van der Waals surface area (Å²) < 4.78 is 13.2. The molecule has 2 aliphatic rings. The normalized spacial score (nSPS) is 21.4. The van der Waals surface area contributed by atoms with Crippen LogP contribution in [-0.2, 0) is 4.79 Å². The number of carboxylic acids is 1. The molecule has 0 saturated carbocycles. The van der Waals surface area contributed by atoms with Gasteiger partial charge in [0.2, 0.25) is 0 Å². The predicted octanol–water partition coefficient (Wildman–Crippen LogP) is 5.31. The van der Waals surface area contributed by atoms with Crippen molar-refractivity contribution in [3.63, 3.8) is 0 Å². The summed E-state index contributed by atoms with van der Waals surface area (Å²) in [6, 6.07) is 20.4. The lowest BCUT2D eigenvalue weighted by molar-refractivity contribution is -0.143. The first kappa shape index (κ1) is 22.1. The van der Waals surface area contributed by atoms with Crippen molar-refractivity contribution in [3.8, 4) is 0 Å². The lowest BCUT2D eigenvalue weighted by Gasteiger charge is -2.34. The zero-order valence-electron chi connectivity index (χ0n) is 18.9. The second-order valence-electron chi connectivity index (χ2n) is 9.59. The molecule has 0 aromatic heterocycles. The Morgan fingerprint density at radius 1 is 0.939 bits per heavy atom. The molecule has 5 heteroatoms. The average Bonchev–Trinajstić information content (AvgIpc) is 3.28. The fourth-order valence-electron chi connectivity index (χ4n) is 5.77. The van der Waals surface area contributed by atoms with Crippen molar-refractivity contribution in [1.82, 2.24) is 9.80 Å². The third-order valence-electron chi connectivity index (χ3n) is 7.48. The molecule has 172 valence electrons. The first-order valence-electron chi connectivity index (χ1n) is 12.0. The van der Waals surface area contributed by atoms with Gasteiger partial charge in [-0.15, -0.1) is 0 Å². The molecule has 0 amide bonds. The number of rotatable bonds is 6. The van der Waals surface area contributed by atoms with E-state index in [1.165, 1.54) is 5.56 Å². The number of carbonyl (C=O) groups is 1. The lowest BCUT2D eigenvalue weighted by Crippen LogP contribution is -2.38. The highest BCUT2D eigenvalue weighted by molar-refractivity contribution is 5.90. The molecule has 2 aliphatic heterocycles. The van der Waals surface area contributed by atoms with Crippen molar-refractivity contribution in [3.05, 3.63) is 83.7 Å². The second-order valence-corrected chi connectivity index (χ2v) is 9.59. The molecule has 0 bridgehead atoms. The van der Waals surface area contributed by atoms with E-state index in [0.717, 1.165) is 68.3 Å². The predicted molar refractivity (Wildman–Crippen MR) is 129 cm³/mol. The Hall–Kier alpha value is -2.76. The van der Waals surface area contributed by atoms with Gasteiger partial charge in [-0.05, 0) is 84.8 Å². The molecule has 1 N–H and O–H groups in total. The van der Waals surface area contributed by atoms with Gasteiger partial charge >= 0.3 is 5.97 Å². The highest BCUT2D eigenvalue weighted by atomic mass is 19.1. The van der Waals surface area contributed by atoms with E-state index in [1.54, 1.807) is 12.1 Å². The molecule has 3 aromatic rings. The van der Waals surface area contributed by atoms with Gasteiger partial charge < -0.3 is 10.0 Å². The largest absolute Gasteiger partial charge is 0.480 e. The summed E-state index contributed by atoms with van der Waals surface area (Å²) in [5.74, 6) is 0.0473. The average molecular weight is 447 g/mol. The molecular weight excluding hydrogens is 415 g/mol. The van der Waals surface area contributed by atoms with Crippen molar-refractivity contribution in [2.24, 2.45) is 5.92 Å². The minimum atomic E-state index is -0.771. The van der Waals surface area contributed by atoms with Crippen LogP contribution in [0.15, 0.2) is 66.7 Å². The maximum atomic E-state index is 13.2. The number of benzene rings is 3. The minimum absolute atomic E-state index is 0.176. The quantitative estimate of drug-likeness (QED) is 0.558. The zero-order valence-corrected chi connectivity index (χ0v) is 18.9. The lowest BCUT2D eigenvalue weighted by atomic mass is 9.89. The van der Waals surface area contributed by atoms with E-state index in [2.05, 4.69) is 9.80 Å². The van der Waals surface area contributed by atoms with Crippen molar-refractivity contribution >= 4 is 16.7 Å². The molecule has 2 atom stereocenters. The molecular formula is C28H31FN2O2. The van der Waals surface area contributed by atoms with E-state index in [-0.39, 0.29) is 5.82 Å². The van der Waals surface area contributed by atoms with Crippen LogP contribution in [0.1, 0.15) is 42.3 Å². The summed E-state index contributed by atoms with van der Waals surface area (Å²) in [7, 11) is 0. The van der Waals surface area contributed by atoms with Crippen LogP contribution >= 0.6 is 0 Å². The summed E-state index contributed by atoms with van der Waals surface area (Å²) in [5.41, 5.74) is 2.13. The number of hydrogen-bond acceptors (Lipinski definition) is 3. The van der Waals surface area contributed by atoms with Crippen LogP contribution in [0.4, 0.5) is 4.39 Å². The molecule has 2 heterocycles. The summed E-state index contributed by atoms with van der Waals surface area (Å²) in [5, 5.41) is 12.2. The molecule has 2 fully saturated rings. The first-order valence-corrected chi connectivity index (χ1v) is 12.0. The van der Waals surface area contributed by atoms with Gasteiger partial charge in [-0.2, -0.15) is 0 Å². The molecule has 0 radical (unpaired) electrons. The van der Waals surface area contributed by atoms with Crippen LogP contribution in [-0.4, -0.2) is 53.6 Å². The van der Waals surface area contributed by atoms with E-state index in [0.29, 0.717) is 11.8 Å². The van der Waals surface area contributed by atoms with E-state index < -0.39 is 12.0 Å². The van der Waals surface area contributed by atoms with E-state index in [1.807, 2.05) is 54.6 Å². The Morgan fingerprint density at radius 2 is 1.67 bits per heavy atom. The van der Waals surface area contributed by atoms with E-state index in [9.17, 15) is 14.3 Å². The molecule has 0 spiro atoms. The molecule has 3 aromatic carbocycles.